The van der Waals surface area contributed by atoms with Crippen molar-refractivity contribution in [2.24, 2.45) is 0 Å². The summed E-state index contributed by atoms with van der Waals surface area (Å²) >= 11 is 0. The third-order valence-electron chi connectivity index (χ3n) is 1.43. The molecule has 4 nitrogen and oxygen atoms in total. The van der Waals surface area contributed by atoms with Gasteiger partial charge in [0.2, 0.25) is 0 Å². The lowest BCUT2D eigenvalue weighted by Crippen LogP contribution is -2.09. The average Bonchev–Trinajstić information content (AvgIpc) is 2.31. The molecule has 11 heavy (non-hydrogen) atoms. The highest BCUT2D eigenvalue weighted by molar-refractivity contribution is 6.32. The maximum atomic E-state index is 11.0. The first-order valence-corrected chi connectivity index (χ1v) is 3.09. The summed E-state index contributed by atoms with van der Waals surface area (Å²) in [7, 11) is 5.45. The van der Waals surface area contributed by atoms with Crippen LogP contribution in [-0.4, -0.2) is 22.4 Å². The second-order valence-corrected chi connectivity index (χ2v) is 2.22. The van der Waals surface area contributed by atoms with Gasteiger partial charge in [0.25, 0.3) is 5.56 Å². The molecule has 0 amide bonds. The SMILES string of the molecule is [B]c1cc2c(=O)[nH]cnn2c1. The zero-order valence-corrected chi connectivity index (χ0v) is 5.61. The molecule has 0 saturated heterocycles. The van der Waals surface area contributed by atoms with Crippen molar-refractivity contribution in [1.82, 2.24) is 14.6 Å². The molecule has 1 N–H and O–H groups in total. The van der Waals surface area contributed by atoms with Gasteiger partial charge in [0.15, 0.2) is 0 Å². The maximum Gasteiger partial charge on any atom is 0.275 e. The molecule has 2 aromatic heterocycles. The molecule has 0 bridgehead atoms. The Kier molecular flexibility index (Phi) is 1.12. The molecule has 5 heteroatoms. The van der Waals surface area contributed by atoms with Crippen LogP contribution in [0.2, 0.25) is 0 Å². The zero-order valence-electron chi connectivity index (χ0n) is 5.61. The number of rotatable bonds is 0. The third-order valence-corrected chi connectivity index (χ3v) is 1.43. The Hall–Kier alpha value is -1.52. The topological polar surface area (TPSA) is 50.2 Å². The van der Waals surface area contributed by atoms with Crippen LogP contribution >= 0.6 is 0 Å². The molecule has 0 atom stereocenters. The summed E-state index contributed by atoms with van der Waals surface area (Å²) in [5, 5.41) is 3.84. The van der Waals surface area contributed by atoms with E-state index in [1.165, 1.54) is 10.8 Å². The van der Waals surface area contributed by atoms with E-state index in [0.29, 0.717) is 11.0 Å². The molecule has 0 aliphatic heterocycles. The lowest BCUT2D eigenvalue weighted by Gasteiger charge is -1.87. The molecule has 0 unspecified atom stereocenters. The Balaban J connectivity index is 3.02. The third kappa shape index (κ3) is 0.850. The van der Waals surface area contributed by atoms with Gasteiger partial charge >= 0.3 is 0 Å². The van der Waals surface area contributed by atoms with Crippen LogP contribution in [0, 0.1) is 0 Å². The van der Waals surface area contributed by atoms with Gasteiger partial charge in [-0.2, -0.15) is 5.10 Å². The van der Waals surface area contributed by atoms with Gasteiger partial charge in [-0.25, -0.2) is 4.52 Å². The highest BCUT2D eigenvalue weighted by Crippen LogP contribution is 1.88. The van der Waals surface area contributed by atoms with Gasteiger partial charge in [-0.15, -0.1) is 0 Å². The van der Waals surface area contributed by atoms with Gasteiger partial charge in [0.1, 0.15) is 19.7 Å². The normalized spacial score (nSPS) is 10.5. The van der Waals surface area contributed by atoms with Crippen molar-refractivity contribution in [1.29, 1.82) is 0 Å². The summed E-state index contributed by atoms with van der Waals surface area (Å²) < 4.78 is 1.44. The van der Waals surface area contributed by atoms with Crippen LogP contribution in [0.3, 0.4) is 0 Å². The number of hydrogen-bond donors (Lipinski definition) is 1. The Labute approximate surface area is 63.3 Å². The van der Waals surface area contributed by atoms with Crippen LogP contribution in [0.25, 0.3) is 5.52 Å². The van der Waals surface area contributed by atoms with E-state index in [-0.39, 0.29) is 5.56 Å². The lowest BCUT2D eigenvalue weighted by atomic mass is 10.0. The minimum atomic E-state index is -0.184. The van der Waals surface area contributed by atoms with Crippen LogP contribution in [-0.2, 0) is 0 Å². The summed E-state index contributed by atoms with van der Waals surface area (Å²) in [6.45, 7) is 0. The molecule has 0 aromatic carbocycles. The molecule has 2 rings (SSSR count). The summed E-state index contributed by atoms with van der Waals surface area (Å²) in [5.74, 6) is 0. The molecule has 0 saturated carbocycles. The highest BCUT2D eigenvalue weighted by Gasteiger charge is 1.97. The summed E-state index contributed by atoms with van der Waals surface area (Å²) in [6, 6.07) is 1.58. The predicted molar refractivity (Wildman–Crippen MR) is 41.2 cm³/mol. The van der Waals surface area contributed by atoms with E-state index in [9.17, 15) is 4.79 Å². The maximum absolute atomic E-state index is 11.0. The number of aromatic nitrogens is 3. The number of nitrogens with zero attached hydrogens (tertiary/aromatic N) is 2. The van der Waals surface area contributed by atoms with Crippen molar-refractivity contribution in [2.45, 2.75) is 0 Å². The monoisotopic (exact) mass is 145 g/mol. The Morgan fingerprint density at radius 3 is 3.18 bits per heavy atom. The molecule has 0 aliphatic carbocycles. The van der Waals surface area contributed by atoms with Crippen molar-refractivity contribution >= 4 is 18.8 Å². The number of nitrogens with one attached hydrogen (secondary N) is 1. The highest BCUT2D eigenvalue weighted by atomic mass is 16.1. The molecule has 2 radical (unpaired) electrons. The fraction of sp³-hybridized carbons (Fsp3) is 0. The molecular formula is C6H4BN3O. The van der Waals surface area contributed by atoms with Crippen LogP contribution in [0.4, 0.5) is 0 Å². The van der Waals surface area contributed by atoms with Gasteiger partial charge < -0.3 is 4.98 Å². The van der Waals surface area contributed by atoms with E-state index >= 15 is 0 Å². The Bertz CT molecular complexity index is 444. The number of fused-ring (bicyclic) bond motifs is 1. The molecule has 2 heterocycles. The average molecular weight is 145 g/mol. The standard InChI is InChI=1S/C6H4BN3O/c7-4-1-5-6(11)8-3-9-10(5)2-4/h1-3H,(H,8,9,11). The van der Waals surface area contributed by atoms with E-state index in [0.717, 1.165) is 0 Å². The first kappa shape index (κ1) is 6.21. The van der Waals surface area contributed by atoms with Crippen molar-refractivity contribution in [3.8, 4) is 0 Å². The molecule has 0 fully saturated rings. The van der Waals surface area contributed by atoms with E-state index in [1.54, 1.807) is 12.3 Å². The van der Waals surface area contributed by atoms with Gasteiger partial charge in [-0.1, -0.05) is 5.46 Å². The van der Waals surface area contributed by atoms with Crippen LogP contribution < -0.4 is 11.0 Å². The summed E-state index contributed by atoms with van der Waals surface area (Å²) in [5.41, 5.74) is 0.816. The fourth-order valence-electron chi connectivity index (χ4n) is 0.961. The number of hydrogen-bond acceptors (Lipinski definition) is 2. The van der Waals surface area contributed by atoms with Crippen molar-refractivity contribution < 1.29 is 0 Å². The minimum Gasteiger partial charge on any atom is -0.310 e. The number of aromatic amines is 1. The van der Waals surface area contributed by atoms with E-state index in [4.69, 9.17) is 7.85 Å². The van der Waals surface area contributed by atoms with Gasteiger partial charge in [0, 0.05) is 6.20 Å². The van der Waals surface area contributed by atoms with Gasteiger partial charge in [-0.3, -0.25) is 4.79 Å². The fourth-order valence-corrected chi connectivity index (χ4v) is 0.961. The van der Waals surface area contributed by atoms with Gasteiger partial charge in [0.05, 0.1) is 0 Å². The second kappa shape index (κ2) is 1.98. The van der Waals surface area contributed by atoms with Crippen molar-refractivity contribution in [3.05, 3.63) is 28.9 Å². The first-order valence-electron chi connectivity index (χ1n) is 3.09. The molecule has 2 aromatic rings. The van der Waals surface area contributed by atoms with Crippen LogP contribution in [0.5, 0.6) is 0 Å². The van der Waals surface area contributed by atoms with E-state index < -0.39 is 0 Å². The van der Waals surface area contributed by atoms with Crippen molar-refractivity contribution in [2.75, 3.05) is 0 Å². The number of H-pyrrole nitrogens is 1. The first-order chi connectivity index (χ1) is 5.27. The quantitative estimate of drug-likeness (QED) is 0.474. The molecular weight excluding hydrogens is 141 g/mol. The minimum absolute atomic E-state index is 0.184. The second-order valence-electron chi connectivity index (χ2n) is 2.22. The Morgan fingerprint density at radius 1 is 1.64 bits per heavy atom. The largest absolute Gasteiger partial charge is 0.310 e. The smallest absolute Gasteiger partial charge is 0.275 e. The van der Waals surface area contributed by atoms with E-state index in [2.05, 4.69) is 10.1 Å². The van der Waals surface area contributed by atoms with Gasteiger partial charge in [-0.05, 0) is 6.07 Å². The van der Waals surface area contributed by atoms with Crippen molar-refractivity contribution in [3.63, 3.8) is 0 Å². The van der Waals surface area contributed by atoms with Crippen LogP contribution in [0.1, 0.15) is 0 Å². The molecule has 0 spiro atoms. The van der Waals surface area contributed by atoms with Crippen LogP contribution in [0.15, 0.2) is 23.4 Å². The Morgan fingerprint density at radius 2 is 2.45 bits per heavy atom. The summed E-state index contributed by atoms with van der Waals surface area (Å²) in [4.78, 5) is 13.5. The summed E-state index contributed by atoms with van der Waals surface area (Å²) in [6.07, 6.45) is 2.92. The van der Waals surface area contributed by atoms with E-state index in [1.807, 2.05) is 0 Å². The molecule has 52 valence electrons. The lowest BCUT2D eigenvalue weighted by molar-refractivity contribution is 0.890. The molecule has 0 aliphatic rings. The predicted octanol–water partition coefficient (Wildman–Crippen LogP) is -1.18. The zero-order chi connectivity index (χ0) is 7.84.